The Morgan fingerprint density at radius 1 is 1.42 bits per heavy atom. The van der Waals surface area contributed by atoms with Gasteiger partial charge in [-0.25, -0.2) is 0 Å². The number of alkyl halides is 2. The molecule has 2 aromatic rings. The first-order valence-electron chi connectivity index (χ1n) is 8.26. The molecule has 8 heteroatoms. The van der Waals surface area contributed by atoms with Gasteiger partial charge in [-0.15, -0.1) is 0 Å². The Hall–Kier alpha value is -2.74. The van der Waals surface area contributed by atoms with Gasteiger partial charge < -0.3 is 14.8 Å². The minimum absolute atomic E-state index is 0.0697. The molecular formula is C18H19F2N3O3. The molecule has 0 aliphatic carbocycles. The van der Waals surface area contributed by atoms with Gasteiger partial charge in [0.05, 0.1) is 24.5 Å². The Balaban J connectivity index is 1.50. The normalized spacial score (nSPS) is 17.1. The summed E-state index contributed by atoms with van der Waals surface area (Å²) in [7, 11) is 0. The Morgan fingerprint density at radius 2 is 2.23 bits per heavy atom. The number of carbonyl (C=O) groups excluding carboxylic acids is 1. The summed E-state index contributed by atoms with van der Waals surface area (Å²) in [5.41, 5.74) is 1.29. The summed E-state index contributed by atoms with van der Waals surface area (Å²) in [6, 6.07) is 6.00. The van der Waals surface area contributed by atoms with E-state index in [1.54, 1.807) is 35.3 Å². The third-order valence-corrected chi connectivity index (χ3v) is 3.85. The number of anilines is 1. The molecule has 0 radical (unpaired) electrons. The fourth-order valence-electron chi connectivity index (χ4n) is 2.64. The van der Waals surface area contributed by atoms with Gasteiger partial charge in [0.15, 0.2) is 0 Å². The van der Waals surface area contributed by atoms with E-state index in [1.807, 2.05) is 0 Å². The lowest BCUT2D eigenvalue weighted by Crippen LogP contribution is -2.15. The highest BCUT2D eigenvalue weighted by Gasteiger charge is 2.16. The van der Waals surface area contributed by atoms with Gasteiger partial charge in [-0.2, -0.15) is 13.9 Å². The number of nitrogens with zero attached hydrogens (tertiary/aromatic N) is 2. The first-order valence-corrected chi connectivity index (χ1v) is 8.26. The van der Waals surface area contributed by atoms with E-state index in [4.69, 9.17) is 4.74 Å². The Bertz CT molecular complexity index is 753. The molecule has 0 bridgehead atoms. The molecule has 1 fully saturated rings. The second-order valence-electron chi connectivity index (χ2n) is 5.86. The van der Waals surface area contributed by atoms with Gasteiger partial charge in [0.1, 0.15) is 5.75 Å². The van der Waals surface area contributed by atoms with Crippen LogP contribution >= 0.6 is 0 Å². The molecule has 0 saturated carbocycles. The lowest BCUT2D eigenvalue weighted by atomic mass is 10.2. The van der Waals surface area contributed by atoms with Crippen molar-refractivity contribution in [3.8, 4) is 5.75 Å². The topological polar surface area (TPSA) is 65.4 Å². The van der Waals surface area contributed by atoms with Crippen molar-refractivity contribution in [3.05, 3.63) is 48.3 Å². The number of benzene rings is 1. The minimum Gasteiger partial charge on any atom is -0.435 e. The fraction of sp³-hybridized carbons (Fsp3) is 0.333. The average Bonchev–Trinajstić information content (AvgIpc) is 3.26. The molecule has 1 aliphatic heterocycles. The van der Waals surface area contributed by atoms with Crippen molar-refractivity contribution in [2.45, 2.75) is 32.1 Å². The highest BCUT2D eigenvalue weighted by atomic mass is 19.3. The maximum atomic E-state index is 12.1. The molecule has 1 aromatic carbocycles. The van der Waals surface area contributed by atoms with Gasteiger partial charge in [-0.1, -0.05) is 12.1 Å². The van der Waals surface area contributed by atoms with Crippen LogP contribution in [0.25, 0.3) is 6.08 Å². The molecule has 138 valence electrons. The number of rotatable bonds is 7. The fourth-order valence-corrected chi connectivity index (χ4v) is 2.64. The third-order valence-electron chi connectivity index (χ3n) is 3.85. The predicted molar refractivity (Wildman–Crippen MR) is 91.9 cm³/mol. The zero-order valence-corrected chi connectivity index (χ0v) is 14.0. The quantitative estimate of drug-likeness (QED) is 0.767. The number of carbonyl (C=O) groups is 1. The molecule has 26 heavy (non-hydrogen) atoms. The summed E-state index contributed by atoms with van der Waals surface area (Å²) in [6.07, 6.45) is 8.54. The van der Waals surface area contributed by atoms with Crippen molar-refractivity contribution < 1.29 is 23.0 Å². The van der Waals surface area contributed by atoms with E-state index in [9.17, 15) is 13.6 Å². The van der Waals surface area contributed by atoms with Crippen LogP contribution in [0.2, 0.25) is 0 Å². The van der Waals surface area contributed by atoms with Gasteiger partial charge in [-0.05, 0) is 36.6 Å². The molecule has 2 heterocycles. The van der Waals surface area contributed by atoms with Crippen LogP contribution in [-0.2, 0) is 16.1 Å². The number of amides is 1. The summed E-state index contributed by atoms with van der Waals surface area (Å²) < 4.78 is 35.8. The van der Waals surface area contributed by atoms with E-state index in [0.717, 1.165) is 19.4 Å². The van der Waals surface area contributed by atoms with Gasteiger partial charge >= 0.3 is 6.61 Å². The molecule has 6 nitrogen and oxygen atoms in total. The molecule has 0 unspecified atom stereocenters. The van der Waals surface area contributed by atoms with E-state index in [0.29, 0.717) is 17.8 Å². The Labute approximate surface area is 149 Å². The first kappa shape index (κ1) is 18.1. The van der Waals surface area contributed by atoms with Crippen LogP contribution in [0.5, 0.6) is 5.75 Å². The van der Waals surface area contributed by atoms with Gasteiger partial charge in [0.2, 0.25) is 5.91 Å². The minimum atomic E-state index is -2.86. The van der Waals surface area contributed by atoms with Crippen LogP contribution in [0.1, 0.15) is 18.4 Å². The summed E-state index contributed by atoms with van der Waals surface area (Å²) in [5, 5.41) is 6.93. The van der Waals surface area contributed by atoms with Crippen molar-refractivity contribution in [3.63, 3.8) is 0 Å². The Morgan fingerprint density at radius 3 is 2.92 bits per heavy atom. The third kappa shape index (κ3) is 5.38. The van der Waals surface area contributed by atoms with Crippen LogP contribution in [0.15, 0.2) is 42.7 Å². The number of aromatic nitrogens is 2. The van der Waals surface area contributed by atoms with Crippen molar-refractivity contribution >= 4 is 17.7 Å². The smallest absolute Gasteiger partial charge is 0.387 e. The molecule has 1 atom stereocenters. The van der Waals surface area contributed by atoms with E-state index in [-0.39, 0.29) is 17.8 Å². The van der Waals surface area contributed by atoms with E-state index < -0.39 is 6.61 Å². The molecule has 1 aliphatic rings. The summed E-state index contributed by atoms with van der Waals surface area (Å²) in [6.45, 7) is -1.41. The van der Waals surface area contributed by atoms with Crippen LogP contribution in [0, 0.1) is 0 Å². The van der Waals surface area contributed by atoms with Gasteiger partial charge in [0, 0.05) is 18.9 Å². The predicted octanol–water partition coefficient (Wildman–Crippen LogP) is 3.32. The highest BCUT2D eigenvalue weighted by Crippen LogP contribution is 2.16. The number of hydrogen-bond donors (Lipinski definition) is 1. The summed E-state index contributed by atoms with van der Waals surface area (Å²) in [4.78, 5) is 12.0. The van der Waals surface area contributed by atoms with E-state index >= 15 is 0 Å². The van der Waals surface area contributed by atoms with Crippen LogP contribution in [-0.4, -0.2) is 35.0 Å². The molecule has 1 N–H and O–H groups in total. The zero-order chi connectivity index (χ0) is 18.4. The van der Waals surface area contributed by atoms with Crippen molar-refractivity contribution in [1.82, 2.24) is 9.78 Å². The molecule has 1 amide bonds. The molecule has 3 rings (SSSR count). The second kappa shape index (κ2) is 8.57. The molecule has 0 spiro atoms. The Kier molecular flexibility index (Phi) is 5.96. The highest BCUT2D eigenvalue weighted by molar-refractivity contribution is 6.01. The SMILES string of the molecule is O=C(/C=C\c1ccc(OC(F)F)cc1)Nc1cnn(C[C@H]2CCCO2)c1. The molecular weight excluding hydrogens is 344 g/mol. The number of hydrogen-bond acceptors (Lipinski definition) is 4. The number of ether oxygens (including phenoxy) is 2. The molecule has 1 aromatic heterocycles. The largest absolute Gasteiger partial charge is 0.435 e. The standard InChI is InChI=1S/C18H19F2N3O3/c19-18(20)26-15-6-3-13(4-7-15)5-8-17(24)22-14-10-21-23(11-14)12-16-2-1-9-25-16/h3-8,10-11,16,18H,1-2,9,12H2,(H,22,24)/b8-5-/t16-/m1/s1. The maximum absolute atomic E-state index is 12.1. The van der Waals surface area contributed by atoms with Crippen molar-refractivity contribution in [2.75, 3.05) is 11.9 Å². The van der Waals surface area contributed by atoms with Gasteiger partial charge in [0.25, 0.3) is 0 Å². The first-order chi connectivity index (χ1) is 12.6. The number of nitrogens with one attached hydrogen (secondary N) is 1. The lowest BCUT2D eigenvalue weighted by Gasteiger charge is -2.08. The zero-order valence-electron chi connectivity index (χ0n) is 14.0. The second-order valence-corrected chi connectivity index (χ2v) is 5.86. The average molecular weight is 363 g/mol. The monoisotopic (exact) mass is 363 g/mol. The van der Waals surface area contributed by atoms with Crippen LogP contribution < -0.4 is 10.1 Å². The van der Waals surface area contributed by atoms with E-state index in [1.165, 1.54) is 18.2 Å². The van der Waals surface area contributed by atoms with Crippen LogP contribution in [0.3, 0.4) is 0 Å². The van der Waals surface area contributed by atoms with E-state index in [2.05, 4.69) is 15.2 Å². The van der Waals surface area contributed by atoms with Gasteiger partial charge in [-0.3, -0.25) is 9.48 Å². The summed E-state index contributed by atoms with van der Waals surface area (Å²) >= 11 is 0. The lowest BCUT2D eigenvalue weighted by molar-refractivity contribution is -0.111. The maximum Gasteiger partial charge on any atom is 0.387 e. The van der Waals surface area contributed by atoms with Crippen LogP contribution in [0.4, 0.5) is 14.5 Å². The number of halogens is 2. The van der Waals surface area contributed by atoms with Crippen molar-refractivity contribution in [2.24, 2.45) is 0 Å². The summed E-state index contributed by atoms with van der Waals surface area (Å²) in [5.74, 6) is -0.241. The molecule has 1 saturated heterocycles. The van der Waals surface area contributed by atoms with Crippen molar-refractivity contribution in [1.29, 1.82) is 0 Å².